The number of amides is 1. The van der Waals surface area contributed by atoms with Gasteiger partial charge in [0.1, 0.15) is 10.5 Å². The lowest BCUT2D eigenvalue weighted by Crippen LogP contribution is -2.34. The molecule has 3 aromatic rings. The molecule has 2 heterocycles. The Morgan fingerprint density at radius 3 is 3.00 bits per heavy atom. The van der Waals surface area contributed by atoms with Gasteiger partial charge in [0.25, 0.3) is 5.91 Å². The van der Waals surface area contributed by atoms with E-state index in [2.05, 4.69) is 16.9 Å². The van der Waals surface area contributed by atoms with Gasteiger partial charge in [-0.2, -0.15) is 0 Å². The number of nitrogens with zero attached hydrogens (tertiary/aromatic N) is 3. The Kier molecular flexibility index (Phi) is 7.30. The molecule has 3 rings (SSSR count). The predicted octanol–water partition coefficient (Wildman–Crippen LogP) is 4.67. The number of oxazole rings is 1. The summed E-state index contributed by atoms with van der Waals surface area (Å²) in [6.45, 7) is 3.17. The van der Waals surface area contributed by atoms with Crippen molar-refractivity contribution in [2.45, 2.75) is 24.9 Å². The fraction of sp³-hybridized carbons (Fsp3) is 0.350. The normalized spacial score (nSPS) is 11.1. The Hall–Kier alpha value is -2.09. The van der Waals surface area contributed by atoms with E-state index in [1.807, 2.05) is 0 Å². The van der Waals surface area contributed by atoms with Crippen molar-refractivity contribution >= 4 is 40.4 Å². The van der Waals surface area contributed by atoms with E-state index in [9.17, 15) is 4.79 Å². The van der Waals surface area contributed by atoms with Crippen molar-refractivity contribution in [3.63, 3.8) is 0 Å². The van der Waals surface area contributed by atoms with Gasteiger partial charge in [0.2, 0.25) is 5.89 Å². The van der Waals surface area contributed by atoms with Crippen molar-refractivity contribution in [1.82, 2.24) is 14.9 Å². The molecule has 1 amide bonds. The first-order chi connectivity index (χ1) is 13.6. The van der Waals surface area contributed by atoms with Crippen LogP contribution in [0.5, 0.6) is 0 Å². The number of aromatic nitrogens is 2. The first-order valence-electron chi connectivity index (χ1n) is 9.03. The zero-order valence-corrected chi connectivity index (χ0v) is 17.4. The smallest absolute Gasteiger partial charge is 0.257 e. The molecule has 0 atom stereocenters. The predicted molar refractivity (Wildman–Crippen MR) is 111 cm³/mol. The molecule has 0 fully saturated rings. The van der Waals surface area contributed by atoms with Crippen LogP contribution >= 0.6 is 23.4 Å². The number of benzene rings is 1. The fourth-order valence-corrected chi connectivity index (χ4v) is 3.68. The number of ether oxygens (including phenoxy) is 1. The average Bonchev–Trinajstić information content (AvgIpc) is 3.10. The summed E-state index contributed by atoms with van der Waals surface area (Å²) in [6, 6.07) is 8.85. The summed E-state index contributed by atoms with van der Waals surface area (Å²) < 4.78 is 11.0. The Labute approximate surface area is 173 Å². The van der Waals surface area contributed by atoms with Crippen molar-refractivity contribution in [2.24, 2.45) is 0 Å². The monoisotopic (exact) mass is 419 g/mol. The summed E-state index contributed by atoms with van der Waals surface area (Å²) in [5.41, 5.74) is 1.89. The molecule has 6 nitrogen and oxygen atoms in total. The molecule has 0 spiro atoms. The number of methoxy groups -OCH3 is 1. The van der Waals surface area contributed by atoms with Gasteiger partial charge in [-0.1, -0.05) is 18.5 Å². The van der Waals surface area contributed by atoms with Crippen LogP contribution in [0.3, 0.4) is 0 Å². The summed E-state index contributed by atoms with van der Waals surface area (Å²) in [7, 11) is 1.61. The van der Waals surface area contributed by atoms with Gasteiger partial charge in [-0.25, -0.2) is 9.97 Å². The molecule has 28 heavy (non-hydrogen) atoms. The van der Waals surface area contributed by atoms with Gasteiger partial charge < -0.3 is 14.1 Å². The first-order valence-corrected chi connectivity index (χ1v) is 10.4. The van der Waals surface area contributed by atoms with Gasteiger partial charge in [-0.15, -0.1) is 11.8 Å². The molecule has 1 aromatic carbocycles. The maximum absolute atomic E-state index is 13.2. The molecular weight excluding hydrogens is 398 g/mol. The largest absolute Gasteiger partial charge is 0.439 e. The first kappa shape index (κ1) is 20.6. The number of hydrogen-bond donors (Lipinski definition) is 0. The third kappa shape index (κ3) is 5.04. The van der Waals surface area contributed by atoms with E-state index >= 15 is 0 Å². The summed E-state index contributed by atoms with van der Waals surface area (Å²) in [5, 5.41) is 1.33. The Morgan fingerprint density at radius 1 is 1.36 bits per heavy atom. The van der Waals surface area contributed by atoms with Crippen LogP contribution in [0, 0.1) is 0 Å². The number of fused-ring (bicyclic) bond motifs is 1. The third-order valence-electron chi connectivity index (χ3n) is 4.02. The van der Waals surface area contributed by atoms with Gasteiger partial charge >= 0.3 is 0 Å². The van der Waals surface area contributed by atoms with Gasteiger partial charge in [-0.3, -0.25) is 4.79 Å². The second kappa shape index (κ2) is 9.91. The molecule has 0 bridgehead atoms. The molecule has 0 aliphatic heterocycles. The Balaban J connectivity index is 1.85. The number of rotatable bonds is 9. The minimum absolute atomic E-state index is 0.121. The van der Waals surface area contributed by atoms with Crippen LogP contribution in [0.1, 0.15) is 29.6 Å². The average molecular weight is 420 g/mol. The Bertz CT molecular complexity index is 947. The van der Waals surface area contributed by atoms with E-state index in [1.54, 1.807) is 60.3 Å². The molecular formula is C20H22ClN3O3S. The minimum Gasteiger partial charge on any atom is -0.439 e. The fourth-order valence-electron chi connectivity index (χ4n) is 2.67. The molecule has 0 N–H and O–H groups in total. The summed E-state index contributed by atoms with van der Waals surface area (Å²) in [6.07, 6.45) is 2.71. The highest BCUT2D eigenvalue weighted by atomic mass is 35.5. The van der Waals surface area contributed by atoms with Gasteiger partial charge in [0.05, 0.1) is 18.7 Å². The maximum atomic E-state index is 13.2. The number of pyridine rings is 1. The minimum atomic E-state index is -0.121. The zero-order valence-electron chi connectivity index (χ0n) is 15.9. The molecule has 0 saturated carbocycles. The molecule has 148 valence electrons. The molecule has 2 aromatic heterocycles. The van der Waals surface area contributed by atoms with E-state index in [0.717, 1.165) is 17.2 Å². The van der Waals surface area contributed by atoms with E-state index in [-0.39, 0.29) is 12.5 Å². The highest BCUT2D eigenvalue weighted by Crippen LogP contribution is 2.24. The highest BCUT2D eigenvalue weighted by Gasteiger charge is 2.22. The van der Waals surface area contributed by atoms with Gasteiger partial charge in [0.15, 0.2) is 5.58 Å². The zero-order chi connectivity index (χ0) is 19.9. The van der Waals surface area contributed by atoms with Crippen LogP contribution in [0.4, 0.5) is 0 Å². The second-order valence-electron chi connectivity index (χ2n) is 6.14. The molecule has 0 saturated heterocycles. The van der Waals surface area contributed by atoms with Crippen molar-refractivity contribution in [3.8, 4) is 0 Å². The summed E-state index contributed by atoms with van der Waals surface area (Å²) in [5.74, 6) is 1.23. The van der Waals surface area contributed by atoms with Crippen LogP contribution in [0.2, 0.25) is 5.02 Å². The quantitative estimate of drug-likeness (QED) is 0.469. The summed E-state index contributed by atoms with van der Waals surface area (Å²) in [4.78, 5) is 23.7. The van der Waals surface area contributed by atoms with Gasteiger partial charge in [-0.05, 0) is 42.5 Å². The van der Waals surface area contributed by atoms with Crippen molar-refractivity contribution in [3.05, 3.63) is 53.0 Å². The topological polar surface area (TPSA) is 68.5 Å². The lowest BCUT2D eigenvalue weighted by molar-refractivity contribution is 0.0659. The standard InChI is InChI=1S/C20H22ClN3O3S/c1-3-11-28-19-15(5-4-8-22-19)20(25)24(9-10-26-2)13-18-23-16-12-14(21)6-7-17(16)27-18/h4-8,12H,3,9-11,13H2,1-2H3. The molecule has 0 aliphatic rings. The maximum Gasteiger partial charge on any atom is 0.257 e. The van der Waals surface area contributed by atoms with Crippen LogP contribution in [-0.2, 0) is 11.3 Å². The van der Waals surface area contributed by atoms with E-state index in [4.69, 9.17) is 20.8 Å². The molecule has 0 unspecified atom stereocenters. The van der Waals surface area contributed by atoms with Crippen molar-refractivity contribution in [1.29, 1.82) is 0 Å². The second-order valence-corrected chi connectivity index (χ2v) is 7.66. The van der Waals surface area contributed by atoms with E-state index in [0.29, 0.717) is 40.7 Å². The lowest BCUT2D eigenvalue weighted by Gasteiger charge is -2.21. The van der Waals surface area contributed by atoms with E-state index < -0.39 is 0 Å². The van der Waals surface area contributed by atoms with Crippen LogP contribution in [0.15, 0.2) is 46.0 Å². The SMILES string of the molecule is CCCSc1ncccc1C(=O)N(CCOC)Cc1nc2cc(Cl)ccc2o1. The molecule has 0 radical (unpaired) electrons. The number of thioether (sulfide) groups is 1. The third-order valence-corrected chi connectivity index (χ3v) is 5.46. The van der Waals surface area contributed by atoms with Crippen molar-refractivity contribution in [2.75, 3.05) is 26.0 Å². The molecule has 8 heteroatoms. The number of carbonyl (C=O) groups excluding carboxylic acids is 1. The lowest BCUT2D eigenvalue weighted by atomic mass is 10.2. The number of halogens is 1. The molecule has 0 aliphatic carbocycles. The highest BCUT2D eigenvalue weighted by molar-refractivity contribution is 7.99. The van der Waals surface area contributed by atoms with E-state index in [1.165, 1.54) is 0 Å². The van der Waals surface area contributed by atoms with Crippen molar-refractivity contribution < 1.29 is 13.9 Å². The number of hydrogen-bond acceptors (Lipinski definition) is 6. The summed E-state index contributed by atoms with van der Waals surface area (Å²) >= 11 is 7.60. The van der Waals surface area contributed by atoms with Crippen LogP contribution in [0.25, 0.3) is 11.1 Å². The van der Waals surface area contributed by atoms with Gasteiger partial charge in [0, 0.05) is 24.9 Å². The van der Waals surface area contributed by atoms with Crippen LogP contribution < -0.4 is 0 Å². The Morgan fingerprint density at radius 2 is 2.21 bits per heavy atom. The van der Waals surface area contributed by atoms with Crippen LogP contribution in [-0.4, -0.2) is 46.8 Å². The number of carbonyl (C=O) groups is 1.